The normalized spacial score (nSPS) is 11.2. The number of methoxy groups -OCH3 is 2. The highest BCUT2D eigenvalue weighted by atomic mass is 16.5. The molecule has 0 atom stereocenters. The van der Waals surface area contributed by atoms with Crippen LogP contribution in [0, 0.1) is 0 Å². The average Bonchev–Trinajstić information content (AvgIpc) is 3.41. The van der Waals surface area contributed by atoms with E-state index < -0.39 is 0 Å². The quantitative estimate of drug-likeness (QED) is 0.435. The topological polar surface area (TPSA) is 40.2 Å². The van der Waals surface area contributed by atoms with E-state index >= 15 is 0 Å². The van der Waals surface area contributed by atoms with Gasteiger partial charge >= 0.3 is 0 Å². The molecule has 0 radical (unpaired) electrons. The summed E-state index contributed by atoms with van der Waals surface area (Å²) in [7, 11) is 3.36. The van der Waals surface area contributed by atoms with Gasteiger partial charge < -0.3 is 13.9 Å². The standard InChI is InChI=1S/C24H21N3O2/c1-28-20-9-5-17(6-10-20)14-19-16-26-13-3-4-23(26)24-15-22(25-27(19)24)18-7-11-21(29-2)12-8-18/h3-13,15-16H,14H2,1-2H3. The summed E-state index contributed by atoms with van der Waals surface area (Å²) in [5.74, 6) is 1.70. The number of fused-ring (bicyclic) bond motifs is 3. The highest BCUT2D eigenvalue weighted by Crippen LogP contribution is 2.26. The molecule has 0 saturated carbocycles. The zero-order valence-electron chi connectivity index (χ0n) is 16.4. The smallest absolute Gasteiger partial charge is 0.118 e. The molecule has 3 aromatic heterocycles. The molecule has 0 aliphatic rings. The summed E-state index contributed by atoms with van der Waals surface area (Å²) in [5.41, 5.74) is 6.56. The predicted molar refractivity (Wildman–Crippen MR) is 114 cm³/mol. The Kier molecular flexibility index (Phi) is 4.21. The number of hydrogen-bond donors (Lipinski definition) is 0. The summed E-state index contributed by atoms with van der Waals surface area (Å²) in [6.45, 7) is 0. The van der Waals surface area contributed by atoms with Crippen molar-refractivity contribution in [3.63, 3.8) is 0 Å². The maximum Gasteiger partial charge on any atom is 0.118 e. The second-order valence-electron chi connectivity index (χ2n) is 7.00. The second-order valence-corrected chi connectivity index (χ2v) is 7.00. The molecule has 29 heavy (non-hydrogen) atoms. The molecule has 2 aromatic carbocycles. The van der Waals surface area contributed by atoms with Gasteiger partial charge in [0.1, 0.15) is 11.5 Å². The highest BCUT2D eigenvalue weighted by Gasteiger charge is 2.12. The fourth-order valence-corrected chi connectivity index (χ4v) is 3.70. The molecule has 144 valence electrons. The van der Waals surface area contributed by atoms with E-state index in [-0.39, 0.29) is 0 Å². The van der Waals surface area contributed by atoms with Crippen LogP contribution in [-0.2, 0) is 6.42 Å². The van der Waals surface area contributed by atoms with Crippen LogP contribution in [0.15, 0.2) is 79.1 Å². The lowest BCUT2D eigenvalue weighted by Gasteiger charge is -2.08. The van der Waals surface area contributed by atoms with E-state index in [1.54, 1.807) is 14.2 Å². The van der Waals surface area contributed by atoms with E-state index in [9.17, 15) is 0 Å². The molecule has 0 bridgehead atoms. The molecule has 0 spiro atoms. The summed E-state index contributed by atoms with van der Waals surface area (Å²) in [4.78, 5) is 0. The van der Waals surface area contributed by atoms with Crippen LogP contribution in [0.5, 0.6) is 11.5 Å². The molecule has 5 aromatic rings. The van der Waals surface area contributed by atoms with Gasteiger partial charge in [-0.1, -0.05) is 12.1 Å². The molecule has 0 saturated heterocycles. The Hall–Kier alpha value is -3.73. The minimum atomic E-state index is 0.776. The third kappa shape index (κ3) is 3.10. The average molecular weight is 383 g/mol. The largest absolute Gasteiger partial charge is 0.497 e. The van der Waals surface area contributed by atoms with E-state index in [4.69, 9.17) is 14.6 Å². The molecular formula is C24H21N3O2. The van der Waals surface area contributed by atoms with Gasteiger partial charge in [-0.3, -0.25) is 0 Å². The maximum absolute atomic E-state index is 5.28. The Morgan fingerprint density at radius 2 is 1.52 bits per heavy atom. The van der Waals surface area contributed by atoms with Gasteiger partial charge in [-0.05, 0) is 60.2 Å². The number of rotatable bonds is 5. The zero-order valence-corrected chi connectivity index (χ0v) is 16.4. The van der Waals surface area contributed by atoms with Crippen LogP contribution >= 0.6 is 0 Å². The fraction of sp³-hybridized carbons (Fsp3) is 0.125. The van der Waals surface area contributed by atoms with Crippen LogP contribution in [0.4, 0.5) is 0 Å². The Labute approximate surface area is 168 Å². The first-order valence-corrected chi connectivity index (χ1v) is 9.51. The molecular weight excluding hydrogens is 362 g/mol. The lowest BCUT2D eigenvalue weighted by molar-refractivity contribution is 0.414. The van der Waals surface area contributed by atoms with Crippen molar-refractivity contribution in [2.75, 3.05) is 14.2 Å². The van der Waals surface area contributed by atoms with Crippen LogP contribution in [-0.4, -0.2) is 28.2 Å². The molecule has 3 heterocycles. The van der Waals surface area contributed by atoms with Crippen LogP contribution in [0.3, 0.4) is 0 Å². The van der Waals surface area contributed by atoms with E-state index in [1.165, 1.54) is 5.56 Å². The van der Waals surface area contributed by atoms with Gasteiger partial charge in [-0.25, -0.2) is 4.52 Å². The van der Waals surface area contributed by atoms with Gasteiger partial charge in [-0.2, -0.15) is 5.10 Å². The molecule has 5 heteroatoms. The Balaban J connectivity index is 1.62. The van der Waals surface area contributed by atoms with Crippen molar-refractivity contribution >= 4 is 11.0 Å². The molecule has 0 unspecified atom stereocenters. The van der Waals surface area contributed by atoms with Gasteiger partial charge in [0.05, 0.1) is 36.6 Å². The van der Waals surface area contributed by atoms with Crippen LogP contribution in [0.2, 0.25) is 0 Å². The summed E-state index contributed by atoms with van der Waals surface area (Å²) < 4.78 is 14.8. The van der Waals surface area contributed by atoms with E-state index in [0.29, 0.717) is 0 Å². The molecule has 5 rings (SSSR count). The van der Waals surface area contributed by atoms with Crippen molar-refractivity contribution in [2.24, 2.45) is 0 Å². The van der Waals surface area contributed by atoms with E-state index in [1.807, 2.05) is 36.4 Å². The van der Waals surface area contributed by atoms with Crippen LogP contribution < -0.4 is 9.47 Å². The maximum atomic E-state index is 5.28. The molecule has 0 fully saturated rings. The number of benzene rings is 2. The monoisotopic (exact) mass is 383 g/mol. The number of aromatic nitrogens is 3. The van der Waals surface area contributed by atoms with E-state index in [0.717, 1.165) is 45.9 Å². The van der Waals surface area contributed by atoms with Crippen molar-refractivity contribution in [1.29, 1.82) is 0 Å². The van der Waals surface area contributed by atoms with Crippen LogP contribution in [0.1, 0.15) is 11.3 Å². The minimum Gasteiger partial charge on any atom is -0.497 e. The van der Waals surface area contributed by atoms with Gasteiger partial charge in [-0.15, -0.1) is 0 Å². The first kappa shape index (κ1) is 17.4. The third-order valence-electron chi connectivity index (χ3n) is 5.24. The van der Waals surface area contributed by atoms with Crippen molar-refractivity contribution in [3.8, 4) is 22.8 Å². The SMILES string of the molecule is COc1ccc(Cc2cn3cccc3c3cc(-c4ccc(OC)cc4)nn23)cc1. The predicted octanol–water partition coefficient (Wildman–Crippen LogP) is 4.86. The number of nitrogens with zero attached hydrogens (tertiary/aromatic N) is 3. The van der Waals surface area contributed by atoms with Crippen molar-refractivity contribution < 1.29 is 9.47 Å². The van der Waals surface area contributed by atoms with Crippen molar-refractivity contribution in [2.45, 2.75) is 6.42 Å². The summed E-state index contributed by atoms with van der Waals surface area (Å²) in [6.07, 6.45) is 5.00. The minimum absolute atomic E-state index is 0.776. The Bertz CT molecular complexity index is 1280. The summed E-state index contributed by atoms with van der Waals surface area (Å²) in [6, 6.07) is 22.5. The second kappa shape index (κ2) is 7.02. The molecule has 5 nitrogen and oxygen atoms in total. The lowest BCUT2D eigenvalue weighted by Crippen LogP contribution is -2.03. The van der Waals surface area contributed by atoms with E-state index in [2.05, 4.69) is 51.6 Å². The first-order chi connectivity index (χ1) is 14.2. The van der Waals surface area contributed by atoms with Crippen molar-refractivity contribution in [3.05, 3.63) is 90.4 Å². The molecule has 0 aliphatic heterocycles. The Morgan fingerprint density at radius 1 is 0.828 bits per heavy atom. The van der Waals surface area contributed by atoms with Gasteiger partial charge in [0.15, 0.2) is 0 Å². The third-order valence-corrected chi connectivity index (χ3v) is 5.24. The van der Waals surface area contributed by atoms with Crippen molar-refractivity contribution in [1.82, 2.24) is 14.0 Å². The molecule has 0 N–H and O–H groups in total. The Morgan fingerprint density at radius 3 is 2.21 bits per heavy atom. The molecule has 0 amide bonds. The zero-order chi connectivity index (χ0) is 19.8. The fourth-order valence-electron chi connectivity index (χ4n) is 3.70. The number of ether oxygens (including phenoxy) is 2. The summed E-state index contributed by atoms with van der Waals surface area (Å²) in [5, 5.41) is 4.94. The highest BCUT2D eigenvalue weighted by molar-refractivity contribution is 5.80. The van der Waals surface area contributed by atoms with Gasteiger partial charge in [0, 0.05) is 24.4 Å². The number of hydrogen-bond acceptors (Lipinski definition) is 3. The summed E-state index contributed by atoms with van der Waals surface area (Å²) >= 11 is 0. The van der Waals surface area contributed by atoms with Gasteiger partial charge in [0.25, 0.3) is 0 Å². The van der Waals surface area contributed by atoms with Gasteiger partial charge in [0.2, 0.25) is 0 Å². The first-order valence-electron chi connectivity index (χ1n) is 9.51. The molecule has 0 aliphatic carbocycles. The van der Waals surface area contributed by atoms with Crippen LogP contribution in [0.25, 0.3) is 22.3 Å². The lowest BCUT2D eigenvalue weighted by atomic mass is 10.1.